The third-order valence-corrected chi connectivity index (χ3v) is 3.69. The number of amides is 1. The Balaban J connectivity index is 1.77. The standard InChI is InChI=1S/C16H22ClN5O2/c1-18-16(22(3)11-13-9-12(17)10-21(13)2)20-7-6-19-15(23)14-5-4-8-24-14/h4-5,8-10H,6-7,11H2,1-3H3,(H,18,20)(H,19,23). The maximum Gasteiger partial charge on any atom is 0.287 e. The summed E-state index contributed by atoms with van der Waals surface area (Å²) < 4.78 is 7.02. The minimum Gasteiger partial charge on any atom is -0.459 e. The minimum absolute atomic E-state index is 0.233. The summed E-state index contributed by atoms with van der Waals surface area (Å²) in [5.41, 5.74) is 1.08. The smallest absolute Gasteiger partial charge is 0.287 e. The third kappa shape index (κ3) is 4.79. The van der Waals surface area contributed by atoms with E-state index in [2.05, 4.69) is 15.6 Å². The Kier molecular flexibility index (Phi) is 6.31. The van der Waals surface area contributed by atoms with Gasteiger partial charge in [-0.15, -0.1) is 0 Å². The highest BCUT2D eigenvalue weighted by molar-refractivity contribution is 6.30. The quantitative estimate of drug-likeness (QED) is 0.472. The van der Waals surface area contributed by atoms with Gasteiger partial charge in [0.2, 0.25) is 0 Å². The third-order valence-electron chi connectivity index (χ3n) is 3.49. The molecule has 0 spiro atoms. The molecule has 0 unspecified atom stereocenters. The van der Waals surface area contributed by atoms with Crippen LogP contribution < -0.4 is 10.6 Å². The Bertz CT molecular complexity index is 693. The predicted octanol–water partition coefficient (Wildman–Crippen LogP) is 1.71. The zero-order valence-electron chi connectivity index (χ0n) is 14.0. The van der Waals surface area contributed by atoms with Gasteiger partial charge in [0.25, 0.3) is 5.91 Å². The van der Waals surface area contributed by atoms with Crippen LogP contribution in [0.15, 0.2) is 40.1 Å². The molecule has 24 heavy (non-hydrogen) atoms. The van der Waals surface area contributed by atoms with Crippen molar-refractivity contribution in [2.75, 3.05) is 27.2 Å². The fourth-order valence-electron chi connectivity index (χ4n) is 2.27. The Morgan fingerprint density at radius 3 is 2.75 bits per heavy atom. The zero-order valence-corrected chi connectivity index (χ0v) is 14.8. The molecule has 2 rings (SSSR count). The molecule has 2 aromatic rings. The molecule has 7 nitrogen and oxygen atoms in total. The van der Waals surface area contributed by atoms with E-state index < -0.39 is 0 Å². The molecule has 1 amide bonds. The molecule has 130 valence electrons. The molecule has 0 saturated heterocycles. The Hall–Kier alpha value is -2.41. The number of guanidine groups is 1. The van der Waals surface area contributed by atoms with Crippen molar-refractivity contribution in [1.29, 1.82) is 0 Å². The molecule has 2 aromatic heterocycles. The van der Waals surface area contributed by atoms with E-state index in [1.165, 1.54) is 6.26 Å². The molecule has 0 aliphatic rings. The van der Waals surface area contributed by atoms with Crippen molar-refractivity contribution in [3.05, 3.63) is 47.1 Å². The number of hydrogen-bond donors (Lipinski definition) is 2. The highest BCUT2D eigenvalue weighted by Crippen LogP contribution is 2.14. The molecule has 2 N–H and O–H groups in total. The summed E-state index contributed by atoms with van der Waals surface area (Å²) in [6.07, 6.45) is 3.34. The largest absolute Gasteiger partial charge is 0.459 e. The van der Waals surface area contributed by atoms with E-state index >= 15 is 0 Å². The number of nitrogens with zero attached hydrogens (tertiary/aromatic N) is 3. The van der Waals surface area contributed by atoms with Crippen molar-refractivity contribution in [3.63, 3.8) is 0 Å². The van der Waals surface area contributed by atoms with Gasteiger partial charge < -0.3 is 24.5 Å². The Labute approximate surface area is 146 Å². The summed E-state index contributed by atoms with van der Waals surface area (Å²) in [4.78, 5) is 18.0. The first-order chi connectivity index (χ1) is 11.5. The van der Waals surface area contributed by atoms with Crippen LogP contribution in [0.4, 0.5) is 0 Å². The van der Waals surface area contributed by atoms with Gasteiger partial charge in [0.05, 0.1) is 17.8 Å². The Morgan fingerprint density at radius 1 is 1.42 bits per heavy atom. The van der Waals surface area contributed by atoms with Crippen LogP contribution in [0.2, 0.25) is 5.02 Å². The van der Waals surface area contributed by atoms with Gasteiger partial charge >= 0.3 is 0 Å². The van der Waals surface area contributed by atoms with Gasteiger partial charge in [-0.3, -0.25) is 9.79 Å². The number of halogens is 1. The normalized spacial score (nSPS) is 11.4. The molecular weight excluding hydrogens is 330 g/mol. The first-order valence-electron chi connectivity index (χ1n) is 7.55. The summed E-state index contributed by atoms with van der Waals surface area (Å²) in [5.74, 6) is 0.806. The fourth-order valence-corrected chi connectivity index (χ4v) is 2.54. The van der Waals surface area contributed by atoms with Crippen LogP contribution in [0.3, 0.4) is 0 Å². The van der Waals surface area contributed by atoms with Crippen LogP contribution in [0.25, 0.3) is 0 Å². The van der Waals surface area contributed by atoms with Crippen molar-refractivity contribution >= 4 is 23.5 Å². The highest BCUT2D eigenvalue weighted by Gasteiger charge is 2.10. The zero-order chi connectivity index (χ0) is 17.5. The summed E-state index contributed by atoms with van der Waals surface area (Å²) in [6, 6.07) is 5.23. The topological polar surface area (TPSA) is 74.8 Å². The molecule has 2 heterocycles. The Morgan fingerprint density at radius 2 is 2.17 bits per heavy atom. The predicted molar refractivity (Wildman–Crippen MR) is 94.3 cm³/mol. The van der Waals surface area contributed by atoms with Crippen LogP contribution >= 0.6 is 11.6 Å². The second kappa shape index (κ2) is 8.44. The second-order valence-corrected chi connectivity index (χ2v) is 5.76. The first kappa shape index (κ1) is 17.9. The monoisotopic (exact) mass is 351 g/mol. The highest BCUT2D eigenvalue weighted by atomic mass is 35.5. The van der Waals surface area contributed by atoms with Crippen LogP contribution in [-0.4, -0.2) is 48.5 Å². The van der Waals surface area contributed by atoms with Crippen LogP contribution in [0.1, 0.15) is 16.2 Å². The molecule has 8 heteroatoms. The van der Waals surface area contributed by atoms with Crippen LogP contribution in [0.5, 0.6) is 0 Å². The van der Waals surface area contributed by atoms with E-state index in [1.807, 2.05) is 35.8 Å². The molecule has 0 bridgehead atoms. The van der Waals surface area contributed by atoms with E-state index in [9.17, 15) is 4.79 Å². The molecule has 0 fully saturated rings. The van der Waals surface area contributed by atoms with Crippen molar-refractivity contribution < 1.29 is 9.21 Å². The molecule has 0 aromatic carbocycles. The van der Waals surface area contributed by atoms with Crippen molar-refractivity contribution in [2.24, 2.45) is 12.0 Å². The van der Waals surface area contributed by atoms with Gasteiger partial charge in [-0.1, -0.05) is 11.6 Å². The van der Waals surface area contributed by atoms with E-state index in [1.54, 1.807) is 19.2 Å². The van der Waals surface area contributed by atoms with Crippen molar-refractivity contribution in [2.45, 2.75) is 6.54 Å². The number of aromatic nitrogens is 1. The maximum absolute atomic E-state index is 11.7. The number of aryl methyl sites for hydroxylation is 1. The SMILES string of the molecule is CN=C(NCCNC(=O)c1ccco1)N(C)Cc1cc(Cl)cn1C. The lowest BCUT2D eigenvalue weighted by molar-refractivity contribution is 0.0926. The van der Waals surface area contributed by atoms with E-state index in [0.717, 1.165) is 11.7 Å². The van der Waals surface area contributed by atoms with Gasteiger partial charge in [-0.25, -0.2) is 0 Å². The average molecular weight is 352 g/mol. The summed E-state index contributed by atoms with van der Waals surface area (Å²) in [5, 5.41) is 6.69. The lowest BCUT2D eigenvalue weighted by atomic mass is 10.4. The first-order valence-corrected chi connectivity index (χ1v) is 7.93. The number of hydrogen-bond acceptors (Lipinski definition) is 3. The van der Waals surface area contributed by atoms with Gasteiger partial charge in [0, 0.05) is 46.1 Å². The van der Waals surface area contributed by atoms with Gasteiger partial charge in [-0.2, -0.15) is 0 Å². The lowest BCUT2D eigenvalue weighted by Gasteiger charge is -2.22. The fraction of sp³-hybridized carbons (Fsp3) is 0.375. The van der Waals surface area contributed by atoms with Crippen molar-refractivity contribution in [3.8, 4) is 0 Å². The number of aliphatic imine (C=N–C) groups is 1. The molecular formula is C16H22ClN5O2. The summed E-state index contributed by atoms with van der Waals surface area (Å²) in [7, 11) is 5.62. The van der Waals surface area contributed by atoms with Crippen LogP contribution in [0, 0.1) is 0 Å². The number of rotatable bonds is 6. The average Bonchev–Trinajstić information content (AvgIpc) is 3.17. The number of furan rings is 1. The van der Waals surface area contributed by atoms with E-state index in [4.69, 9.17) is 16.0 Å². The van der Waals surface area contributed by atoms with Crippen molar-refractivity contribution in [1.82, 2.24) is 20.1 Å². The second-order valence-electron chi connectivity index (χ2n) is 5.32. The van der Waals surface area contributed by atoms with Crippen LogP contribution in [-0.2, 0) is 13.6 Å². The minimum atomic E-state index is -0.233. The molecule has 0 saturated carbocycles. The molecule has 0 atom stereocenters. The van der Waals surface area contributed by atoms with Gasteiger partial charge in [0.15, 0.2) is 11.7 Å². The maximum atomic E-state index is 11.7. The van der Waals surface area contributed by atoms with E-state index in [-0.39, 0.29) is 5.91 Å². The van der Waals surface area contributed by atoms with E-state index in [0.29, 0.717) is 30.4 Å². The summed E-state index contributed by atoms with van der Waals surface area (Å²) in [6.45, 7) is 1.68. The molecule has 0 radical (unpaired) electrons. The van der Waals surface area contributed by atoms with Gasteiger partial charge in [-0.05, 0) is 18.2 Å². The number of carbonyl (C=O) groups is 1. The molecule has 0 aliphatic heterocycles. The number of carbonyl (C=O) groups excluding carboxylic acids is 1. The molecule has 0 aliphatic carbocycles. The lowest BCUT2D eigenvalue weighted by Crippen LogP contribution is -2.42. The summed E-state index contributed by atoms with van der Waals surface area (Å²) >= 11 is 6.00. The van der Waals surface area contributed by atoms with Gasteiger partial charge in [0.1, 0.15) is 0 Å². The number of nitrogens with one attached hydrogen (secondary N) is 2.